The molecule has 2 aliphatic rings. The first kappa shape index (κ1) is 15.8. The third-order valence-corrected chi connectivity index (χ3v) is 4.90. The Hall–Kier alpha value is -0.610. The molecule has 1 aliphatic carbocycles. The van der Waals surface area contributed by atoms with E-state index in [1.54, 1.807) is 0 Å². The Morgan fingerprint density at radius 2 is 2.00 bits per heavy atom. The van der Waals surface area contributed by atoms with E-state index in [4.69, 9.17) is 5.73 Å². The summed E-state index contributed by atoms with van der Waals surface area (Å²) in [5.74, 6) is 0.267. The third kappa shape index (κ3) is 3.53. The first-order valence-electron chi connectivity index (χ1n) is 8.27. The van der Waals surface area contributed by atoms with Crippen LogP contribution in [0.5, 0.6) is 0 Å². The molecular formula is C16H31N3O. The second-order valence-corrected chi connectivity index (χ2v) is 7.08. The Morgan fingerprint density at radius 1 is 1.30 bits per heavy atom. The van der Waals surface area contributed by atoms with Gasteiger partial charge in [0.2, 0.25) is 5.91 Å². The second-order valence-electron chi connectivity index (χ2n) is 7.08. The van der Waals surface area contributed by atoms with E-state index in [9.17, 15) is 4.79 Å². The third-order valence-electron chi connectivity index (χ3n) is 4.90. The Morgan fingerprint density at radius 3 is 2.55 bits per heavy atom. The van der Waals surface area contributed by atoms with Crippen LogP contribution in [0.25, 0.3) is 0 Å². The molecule has 2 rings (SSSR count). The highest BCUT2D eigenvalue weighted by Gasteiger charge is 2.51. The molecular weight excluding hydrogens is 250 g/mol. The summed E-state index contributed by atoms with van der Waals surface area (Å²) in [6.07, 6.45) is 7.36. The molecule has 2 fully saturated rings. The molecule has 0 spiro atoms. The summed E-state index contributed by atoms with van der Waals surface area (Å²) in [6.45, 7) is 8.38. The van der Waals surface area contributed by atoms with Gasteiger partial charge in [0.15, 0.2) is 0 Å². The average Bonchev–Trinajstić information content (AvgIpc) is 3.17. The monoisotopic (exact) mass is 281 g/mol. The summed E-state index contributed by atoms with van der Waals surface area (Å²) in [4.78, 5) is 14.7. The van der Waals surface area contributed by atoms with Gasteiger partial charge >= 0.3 is 0 Å². The fourth-order valence-electron chi connectivity index (χ4n) is 3.62. The van der Waals surface area contributed by atoms with Crippen LogP contribution in [0.3, 0.4) is 0 Å². The minimum atomic E-state index is -0.521. The SMILES string of the molecule is CC(C)NC(CN1CCCCCC1C)(C(N)=O)C1CC1. The van der Waals surface area contributed by atoms with Crippen molar-refractivity contribution in [1.82, 2.24) is 10.2 Å². The minimum Gasteiger partial charge on any atom is -0.368 e. The fourth-order valence-corrected chi connectivity index (χ4v) is 3.62. The number of carbonyl (C=O) groups is 1. The zero-order valence-electron chi connectivity index (χ0n) is 13.3. The quantitative estimate of drug-likeness (QED) is 0.781. The number of amides is 1. The molecule has 1 aliphatic heterocycles. The number of nitrogens with zero attached hydrogens (tertiary/aromatic N) is 1. The molecule has 1 amide bonds. The molecule has 4 heteroatoms. The van der Waals surface area contributed by atoms with Crippen molar-refractivity contribution >= 4 is 5.91 Å². The summed E-state index contributed by atoms with van der Waals surface area (Å²) in [7, 11) is 0. The van der Waals surface area contributed by atoms with Gasteiger partial charge in [-0.05, 0) is 58.9 Å². The van der Waals surface area contributed by atoms with Crippen molar-refractivity contribution in [1.29, 1.82) is 0 Å². The zero-order chi connectivity index (χ0) is 14.8. The van der Waals surface area contributed by atoms with Gasteiger partial charge in [0.05, 0.1) is 0 Å². The number of rotatable bonds is 6. The highest BCUT2D eigenvalue weighted by atomic mass is 16.1. The van der Waals surface area contributed by atoms with Gasteiger partial charge in [-0.25, -0.2) is 0 Å². The van der Waals surface area contributed by atoms with Gasteiger partial charge < -0.3 is 5.73 Å². The number of likely N-dealkylation sites (tertiary alicyclic amines) is 1. The van der Waals surface area contributed by atoms with Gasteiger partial charge in [0.25, 0.3) is 0 Å². The molecule has 3 N–H and O–H groups in total. The standard InChI is InChI=1S/C16H31N3O/c1-12(2)18-16(15(17)20,14-8-9-14)11-19-10-6-4-5-7-13(19)3/h12-14,18H,4-11H2,1-3H3,(H2,17,20). The molecule has 1 saturated heterocycles. The summed E-state index contributed by atoms with van der Waals surface area (Å²) in [5.41, 5.74) is 5.31. The molecule has 1 saturated carbocycles. The average molecular weight is 281 g/mol. The molecule has 0 aromatic rings. The van der Waals surface area contributed by atoms with Crippen molar-refractivity contribution in [3.63, 3.8) is 0 Å². The van der Waals surface area contributed by atoms with E-state index >= 15 is 0 Å². The molecule has 0 aromatic heterocycles. The Bertz CT molecular complexity index is 341. The van der Waals surface area contributed by atoms with Crippen LogP contribution in [0.1, 0.15) is 59.3 Å². The van der Waals surface area contributed by atoms with Gasteiger partial charge in [0.1, 0.15) is 5.54 Å². The van der Waals surface area contributed by atoms with Crippen LogP contribution in [0.2, 0.25) is 0 Å². The van der Waals surface area contributed by atoms with Gasteiger partial charge in [-0.1, -0.05) is 12.8 Å². The highest BCUT2D eigenvalue weighted by molar-refractivity contribution is 5.86. The molecule has 20 heavy (non-hydrogen) atoms. The van der Waals surface area contributed by atoms with E-state index in [2.05, 4.69) is 31.0 Å². The van der Waals surface area contributed by atoms with Gasteiger partial charge in [0, 0.05) is 18.6 Å². The summed E-state index contributed by atoms with van der Waals surface area (Å²) in [5, 5.41) is 3.53. The molecule has 1 heterocycles. The number of nitrogens with two attached hydrogens (primary N) is 1. The van der Waals surface area contributed by atoms with Crippen LogP contribution in [0.15, 0.2) is 0 Å². The zero-order valence-corrected chi connectivity index (χ0v) is 13.3. The fraction of sp³-hybridized carbons (Fsp3) is 0.938. The molecule has 4 nitrogen and oxygen atoms in total. The topological polar surface area (TPSA) is 58.4 Å². The van der Waals surface area contributed by atoms with Crippen molar-refractivity contribution in [2.75, 3.05) is 13.1 Å². The molecule has 116 valence electrons. The van der Waals surface area contributed by atoms with Crippen molar-refractivity contribution in [3.8, 4) is 0 Å². The Labute approximate surface area is 123 Å². The maximum atomic E-state index is 12.2. The van der Waals surface area contributed by atoms with E-state index in [1.807, 2.05) is 0 Å². The number of primary amides is 1. The van der Waals surface area contributed by atoms with Crippen LogP contribution in [0.4, 0.5) is 0 Å². The van der Waals surface area contributed by atoms with E-state index in [0.717, 1.165) is 25.9 Å². The lowest BCUT2D eigenvalue weighted by molar-refractivity contribution is -0.127. The summed E-state index contributed by atoms with van der Waals surface area (Å²) in [6, 6.07) is 0.842. The van der Waals surface area contributed by atoms with Crippen molar-refractivity contribution < 1.29 is 4.79 Å². The first-order chi connectivity index (χ1) is 9.45. The lowest BCUT2D eigenvalue weighted by atomic mass is 9.89. The van der Waals surface area contributed by atoms with Crippen LogP contribution >= 0.6 is 0 Å². The number of nitrogens with one attached hydrogen (secondary N) is 1. The van der Waals surface area contributed by atoms with E-state index in [1.165, 1.54) is 25.7 Å². The van der Waals surface area contributed by atoms with Gasteiger partial charge in [-0.2, -0.15) is 0 Å². The van der Waals surface area contributed by atoms with Crippen LogP contribution in [0, 0.1) is 5.92 Å². The maximum absolute atomic E-state index is 12.2. The largest absolute Gasteiger partial charge is 0.368 e. The number of hydrogen-bond donors (Lipinski definition) is 2. The number of hydrogen-bond acceptors (Lipinski definition) is 3. The van der Waals surface area contributed by atoms with Crippen molar-refractivity contribution in [2.45, 2.75) is 76.9 Å². The lowest BCUT2D eigenvalue weighted by Gasteiger charge is -2.40. The van der Waals surface area contributed by atoms with Crippen molar-refractivity contribution in [2.24, 2.45) is 11.7 Å². The van der Waals surface area contributed by atoms with E-state index < -0.39 is 5.54 Å². The molecule has 2 unspecified atom stereocenters. The minimum absolute atomic E-state index is 0.162. The van der Waals surface area contributed by atoms with Gasteiger partial charge in [-0.15, -0.1) is 0 Å². The highest BCUT2D eigenvalue weighted by Crippen LogP contribution is 2.41. The maximum Gasteiger partial charge on any atom is 0.239 e. The molecule has 2 atom stereocenters. The van der Waals surface area contributed by atoms with E-state index in [-0.39, 0.29) is 11.9 Å². The Kier molecular flexibility index (Phi) is 5.08. The smallest absolute Gasteiger partial charge is 0.239 e. The normalized spacial score (nSPS) is 28.1. The van der Waals surface area contributed by atoms with Crippen LogP contribution in [-0.2, 0) is 4.79 Å². The van der Waals surface area contributed by atoms with Crippen LogP contribution < -0.4 is 11.1 Å². The number of carbonyl (C=O) groups excluding carboxylic acids is 1. The first-order valence-corrected chi connectivity index (χ1v) is 8.27. The lowest BCUT2D eigenvalue weighted by Crippen LogP contribution is -2.65. The molecule has 0 radical (unpaired) electrons. The van der Waals surface area contributed by atoms with Crippen LogP contribution in [-0.4, -0.2) is 41.5 Å². The summed E-state index contributed by atoms with van der Waals surface area (Å²) < 4.78 is 0. The second kappa shape index (κ2) is 6.44. The summed E-state index contributed by atoms with van der Waals surface area (Å²) >= 11 is 0. The predicted octanol–water partition coefficient (Wildman–Crippen LogP) is 1.88. The Balaban J connectivity index is 2.15. The van der Waals surface area contributed by atoms with Crippen molar-refractivity contribution in [3.05, 3.63) is 0 Å². The van der Waals surface area contributed by atoms with E-state index in [0.29, 0.717) is 12.0 Å². The van der Waals surface area contributed by atoms with Gasteiger partial charge in [-0.3, -0.25) is 15.0 Å². The molecule has 0 bridgehead atoms. The predicted molar refractivity (Wildman–Crippen MR) is 82.4 cm³/mol. The molecule has 0 aromatic carbocycles.